The number of nitrogens with one attached hydrogen (secondary N) is 1. The molecule has 0 aliphatic carbocycles. The van der Waals surface area contributed by atoms with Gasteiger partial charge in [0.1, 0.15) is 5.56 Å². The van der Waals surface area contributed by atoms with Gasteiger partial charge < -0.3 is 10.4 Å². The third-order valence-electron chi connectivity index (χ3n) is 4.66. The molecular formula is C16H21N3O4S. The van der Waals surface area contributed by atoms with Gasteiger partial charge in [-0.2, -0.15) is 0 Å². The summed E-state index contributed by atoms with van der Waals surface area (Å²) in [5, 5.41) is 12.0. The molecule has 7 nitrogen and oxygen atoms in total. The molecule has 0 aliphatic rings. The topological polar surface area (TPSA) is 101 Å². The van der Waals surface area contributed by atoms with Gasteiger partial charge in [0.15, 0.2) is 4.96 Å². The van der Waals surface area contributed by atoms with E-state index < -0.39 is 22.9 Å². The molecule has 2 aromatic rings. The van der Waals surface area contributed by atoms with Crippen LogP contribution in [0.3, 0.4) is 0 Å². The van der Waals surface area contributed by atoms with E-state index in [-0.39, 0.29) is 12.1 Å². The normalized spacial score (nSPS) is 11.7. The molecule has 0 saturated carbocycles. The number of amides is 1. The van der Waals surface area contributed by atoms with Crippen LogP contribution < -0.4 is 10.9 Å². The molecule has 0 bridgehead atoms. The second-order valence-corrected chi connectivity index (χ2v) is 7.00. The van der Waals surface area contributed by atoms with Gasteiger partial charge in [-0.1, -0.05) is 13.8 Å². The summed E-state index contributed by atoms with van der Waals surface area (Å²) >= 11 is 1.38. The number of fused-ring (bicyclic) bond motifs is 1. The number of carbonyl (C=O) groups is 2. The average Bonchev–Trinajstić information content (AvgIpc) is 2.84. The molecule has 2 rings (SSSR count). The van der Waals surface area contributed by atoms with Crippen LogP contribution in [0, 0.1) is 19.3 Å². The lowest BCUT2D eigenvalue weighted by atomic mass is 9.82. The number of carbonyl (C=O) groups excluding carboxylic acids is 1. The monoisotopic (exact) mass is 351 g/mol. The smallest absolute Gasteiger partial charge is 0.311 e. The van der Waals surface area contributed by atoms with E-state index in [0.29, 0.717) is 17.8 Å². The standard InChI is InChI=1S/C16H21N3O4S/c1-5-16(6-2,14(22)23)8-18-12(20)11-7-17-15-19(13(11)21)9(3)10(4)24-15/h7H,5-6,8H2,1-4H3,(H,18,20)(H,22,23). The SMILES string of the molecule is CCC(CC)(CNC(=O)c1cnc2sc(C)c(C)n2c1=O)C(=O)O. The number of hydrogen-bond donors (Lipinski definition) is 2. The molecule has 2 N–H and O–H groups in total. The summed E-state index contributed by atoms with van der Waals surface area (Å²) in [6, 6.07) is 0. The van der Waals surface area contributed by atoms with Crippen molar-refractivity contribution in [3.05, 3.63) is 32.7 Å². The number of nitrogens with zero attached hydrogens (tertiary/aromatic N) is 2. The van der Waals surface area contributed by atoms with Crippen molar-refractivity contribution < 1.29 is 14.7 Å². The molecule has 2 heterocycles. The molecule has 24 heavy (non-hydrogen) atoms. The fourth-order valence-corrected chi connectivity index (χ4v) is 3.48. The molecule has 0 spiro atoms. The van der Waals surface area contributed by atoms with Crippen LogP contribution >= 0.6 is 11.3 Å². The highest BCUT2D eigenvalue weighted by atomic mass is 32.1. The molecule has 0 radical (unpaired) electrons. The Morgan fingerprint density at radius 2 is 1.96 bits per heavy atom. The molecule has 8 heteroatoms. The number of aryl methyl sites for hydroxylation is 2. The fourth-order valence-electron chi connectivity index (χ4n) is 2.55. The molecule has 1 amide bonds. The molecular weight excluding hydrogens is 330 g/mol. The summed E-state index contributed by atoms with van der Waals surface area (Å²) in [5.41, 5.74) is -0.796. The van der Waals surface area contributed by atoms with Crippen molar-refractivity contribution in [2.45, 2.75) is 40.5 Å². The minimum atomic E-state index is -1.03. The minimum absolute atomic E-state index is 0.0298. The third-order valence-corrected chi connectivity index (χ3v) is 5.73. The molecule has 0 unspecified atom stereocenters. The van der Waals surface area contributed by atoms with E-state index in [2.05, 4.69) is 10.3 Å². The number of aromatic nitrogens is 2. The molecule has 0 aliphatic heterocycles. The van der Waals surface area contributed by atoms with Crippen LogP contribution in [0.15, 0.2) is 11.0 Å². The first-order valence-corrected chi connectivity index (χ1v) is 8.58. The fraction of sp³-hybridized carbons (Fsp3) is 0.500. The first kappa shape index (κ1) is 18.1. The Bertz CT molecular complexity index is 849. The summed E-state index contributed by atoms with van der Waals surface area (Å²) in [7, 11) is 0. The Kier molecular flexibility index (Phi) is 5.08. The van der Waals surface area contributed by atoms with E-state index in [1.54, 1.807) is 20.8 Å². The molecule has 130 valence electrons. The lowest BCUT2D eigenvalue weighted by Gasteiger charge is -2.26. The quantitative estimate of drug-likeness (QED) is 0.829. The van der Waals surface area contributed by atoms with Gasteiger partial charge in [0.2, 0.25) is 0 Å². The summed E-state index contributed by atoms with van der Waals surface area (Å²) in [6.07, 6.45) is 2.03. The van der Waals surface area contributed by atoms with Gasteiger partial charge in [-0.15, -0.1) is 11.3 Å². The highest BCUT2D eigenvalue weighted by Crippen LogP contribution is 2.25. The summed E-state index contributed by atoms with van der Waals surface area (Å²) in [6.45, 7) is 7.19. The van der Waals surface area contributed by atoms with Crippen molar-refractivity contribution >= 4 is 28.2 Å². The average molecular weight is 351 g/mol. The second kappa shape index (κ2) is 6.72. The lowest BCUT2D eigenvalue weighted by Crippen LogP contribution is -2.43. The molecule has 0 aromatic carbocycles. The van der Waals surface area contributed by atoms with Crippen LogP contribution in [0.5, 0.6) is 0 Å². The van der Waals surface area contributed by atoms with Crippen molar-refractivity contribution in [2.24, 2.45) is 5.41 Å². The van der Waals surface area contributed by atoms with Crippen molar-refractivity contribution in [2.75, 3.05) is 6.54 Å². The first-order chi connectivity index (χ1) is 11.3. The maximum Gasteiger partial charge on any atom is 0.311 e. The number of rotatable bonds is 6. The van der Waals surface area contributed by atoms with E-state index in [1.165, 1.54) is 21.9 Å². The first-order valence-electron chi connectivity index (χ1n) is 7.76. The summed E-state index contributed by atoms with van der Waals surface area (Å²) in [5.74, 6) is -1.56. The molecule has 0 saturated heterocycles. The second-order valence-electron chi connectivity index (χ2n) is 5.81. The highest BCUT2D eigenvalue weighted by Gasteiger charge is 2.35. The minimum Gasteiger partial charge on any atom is -0.481 e. The lowest BCUT2D eigenvalue weighted by molar-refractivity contribution is -0.149. The molecule has 0 fully saturated rings. The van der Waals surface area contributed by atoms with Gasteiger partial charge in [0.05, 0.1) is 5.41 Å². The van der Waals surface area contributed by atoms with Crippen molar-refractivity contribution in [1.82, 2.24) is 14.7 Å². The van der Waals surface area contributed by atoms with Crippen LogP contribution in [0.4, 0.5) is 0 Å². The Balaban J connectivity index is 2.32. The van der Waals surface area contributed by atoms with Gasteiger partial charge in [0.25, 0.3) is 11.5 Å². The zero-order valence-electron chi connectivity index (χ0n) is 14.2. The Morgan fingerprint density at radius 3 is 2.50 bits per heavy atom. The van der Waals surface area contributed by atoms with Crippen LogP contribution in [0.1, 0.15) is 47.6 Å². The molecule has 0 atom stereocenters. The number of carboxylic acid groups (broad SMARTS) is 1. The highest BCUT2D eigenvalue weighted by molar-refractivity contribution is 7.17. The number of aliphatic carboxylic acids is 1. The number of carboxylic acids is 1. The predicted octanol–water partition coefficient (Wildman–Crippen LogP) is 1.99. The number of thiazole rings is 1. The Morgan fingerprint density at radius 1 is 1.33 bits per heavy atom. The van der Waals surface area contributed by atoms with E-state index in [9.17, 15) is 19.5 Å². The zero-order chi connectivity index (χ0) is 18.1. The van der Waals surface area contributed by atoms with E-state index >= 15 is 0 Å². The number of hydrogen-bond acceptors (Lipinski definition) is 5. The van der Waals surface area contributed by atoms with Crippen molar-refractivity contribution in [3.8, 4) is 0 Å². The van der Waals surface area contributed by atoms with Gasteiger partial charge >= 0.3 is 5.97 Å². The van der Waals surface area contributed by atoms with Gasteiger partial charge in [-0.25, -0.2) is 4.98 Å². The van der Waals surface area contributed by atoms with Crippen LogP contribution in [-0.4, -0.2) is 32.9 Å². The Hall–Kier alpha value is -2.22. The van der Waals surface area contributed by atoms with E-state index in [1.807, 2.05) is 6.92 Å². The van der Waals surface area contributed by atoms with E-state index in [0.717, 1.165) is 10.6 Å². The Labute approximate surface area is 143 Å². The zero-order valence-corrected chi connectivity index (χ0v) is 15.0. The molecule has 2 aromatic heterocycles. The summed E-state index contributed by atoms with van der Waals surface area (Å²) in [4.78, 5) is 42.1. The largest absolute Gasteiger partial charge is 0.481 e. The van der Waals surface area contributed by atoms with Crippen LogP contribution in [0.25, 0.3) is 4.96 Å². The van der Waals surface area contributed by atoms with Crippen molar-refractivity contribution in [3.63, 3.8) is 0 Å². The maximum atomic E-state index is 12.6. The van der Waals surface area contributed by atoms with E-state index in [4.69, 9.17) is 0 Å². The summed E-state index contributed by atoms with van der Waals surface area (Å²) < 4.78 is 1.42. The predicted molar refractivity (Wildman–Crippen MR) is 91.8 cm³/mol. The van der Waals surface area contributed by atoms with Crippen molar-refractivity contribution in [1.29, 1.82) is 0 Å². The maximum absolute atomic E-state index is 12.6. The van der Waals surface area contributed by atoms with Gasteiger partial charge in [-0.05, 0) is 26.7 Å². The third kappa shape index (κ3) is 2.93. The van der Waals surface area contributed by atoms with Crippen LogP contribution in [0.2, 0.25) is 0 Å². The van der Waals surface area contributed by atoms with Gasteiger partial charge in [0, 0.05) is 23.3 Å². The van der Waals surface area contributed by atoms with Gasteiger partial charge in [-0.3, -0.25) is 18.8 Å². The van der Waals surface area contributed by atoms with Crippen LogP contribution in [-0.2, 0) is 4.79 Å².